The lowest BCUT2D eigenvalue weighted by atomic mass is 10.1. The molecule has 0 spiro atoms. The third-order valence-electron chi connectivity index (χ3n) is 3.42. The Hall–Kier alpha value is -1.42. The fraction of sp³-hybridized carbons (Fsp3) is 0.600. The minimum Gasteiger partial charge on any atom is -0.493 e. The van der Waals surface area contributed by atoms with Gasteiger partial charge in [-0.2, -0.15) is 0 Å². The smallest absolute Gasteiger partial charge is 0.203 e. The molecule has 1 heterocycles. The summed E-state index contributed by atoms with van der Waals surface area (Å²) in [6.07, 6.45) is 3.95. The van der Waals surface area contributed by atoms with Gasteiger partial charge in [0.1, 0.15) is 6.61 Å². The van der Waals surface area contributed by atoms with Gasteiger partial charge in [-0.1, -0.05) is 6.42 Å². The first kappa shape index (κ1) is 14.0. The first-order valence-corrected chi connectivity index (χ1v) is 6.82. The molecule has 0 atom stereocenters. The average Bonchev–Trinajstić information content (AvgIpc) is 2.48. The van der Waals surface area contributed by atoms with Crippen LogP contribution in [0.5, 0.6) is 17.2 Å². The predicted molar refractivity (Wildman–Crippen MR) is 74.2 cm³/mol. The van der Waals surface area contributed by atoms with Crippen LogP contribution in [0.3, 0.4) is 0 Å². The second-order valence-corrected chi connectivity index (χ2v) is 4.67. The number of methoxy groups -OCH3 is 2. The van der Waals surface area contributed by atoms with Crippen LogP contribution >= 0.6 is 0 Å². The Balaban J connectivity index is 1.90. The Labute approximate surface area is 115 Å². The molecule has 1 radical (unpaired) electrons. The van der Waals surface area contributed by atoms with Crippen molar-refractivity contribution < 1.29 is 14.2 Å². The van der Waals surface area contributed by atoms with E-state index in [2.05, 4.69) is 11.0 Å². The molecular weight excluding hydrogens is 242 g/mol. The van der Waals surface area contributed by atoms with E-state index in [1.807, 2.05) is 0 Å². The van der Waals surface area contributed by atoms with Crippen LogP contribution in [0, 0.1) is 6.07 Å². The molecule has 0 saturated carbocycles. The molecule has 0 unspecified atom stereocenters. The van der Waals surface area contributed by atoms with Crippen molar-refractivity contribution in [2.24, 2.45) is 0 Å². The molecule has 4 heteroatoms. The lowest BCUT2D eigenvalue weighted by molar-refractivity contribution is 0.177. The number of nitrogens with zero attached hydrogens (tertiary/aromatic N) is 1. The topological polar surface area (TPSA) is 30.9 Å². The highest BCUT2D eigenvalue weighted by molar-refractivity contribution is 5.50. The zero-order valence-corrected chi connectivity index (χ0v) is 11.8. The summed E-state index contributed by atoms with van der Waals surface area (Å²) in [6.45, 7) is 3.96. The van der Waals surface area contributed by atoms with Crippen LogP contribution in [-0.2, 0) is 0 Å². The Morgan fingerprint density at radius 1 is 1.05 bits per heavy atom. The van der Waals surface area contributed by atoms with E-state index in [4.69, 9.17) is 14.2 Å². The van der Waals surface area contributed by atoms with E-state index in [-0.39, 0.29) is 0 Å². The van der Waals surface area contributed by atoms with Crippen molar-refractivity contribution in [3.05, 3.63) is 18.2 Å². The molecule has 2 rings (SSSR count). The van der Waals surface area contributed by atoms with Crippen molar-refractivity contribution in [3.63, 3.8) is 0 Å². The molecule has 0 aliphatic carbocycles. The van der Waals surface area contributed by atoms with E-state index >= 15 is 0 Å². The van der Waals surface area contributed by atoms with E-state index in [0.29, 0.717) is 23.9 Å². The highest BCUT2D eigenvalue weighted by Crippen LogP contribution is 2.36. The molecule has 19 heavy (non-hydrogen) atoms. The number of likely N-dealkylation sites (tertiary alicyclic amines) is 1. The molecule has 1 aromatic rings. The van der Waals surface area contributed by atoms with Crippen molar-refractivity contribution in [1.82, 2.24) is 4.90 Å². The average molecular weight is 264 g/mol. The molecule has 0 aromatic heterocycles. The van der Waals surface area contributed by atoms with Crippen molar-refractivity contribution in [3.8, 4) is 17.2 Å². The van der Waals surface area contributed by atoms with Gasteiger partial charge in [-0.3, -0.25) is 4.90 Å². The van der Waals surface area contributed by atoms with Gasteiger partial charge in [0.15, 0.2) is 11.5 Å². The lowest BCUT2D eigenvalue weighted by Gasteiger charge is -2.26. The van der Waals surface area contributed by atoms with E-state index in [9.17, 15) is 0 Å². The van der Waals surface area contributed by atoms with Crippen LogP contribution in [0.4, 0.5) is 0 Å². The fourth-order valence-electron chi connectivity index (χ4n) is 2.35. The van der Waals surface area contributed by atoms with Gasteiger partial charge >= 0.3 is 0 Å². The zero-order chi connectivity index (χ0) is 13.5. The summed E-state index contributed by atoms with van der Waals surface area (Å²) < 4.78 is 16.4. The number of piperidine rings is 1. The molecule has 105 valence electrons. The van der Waals surface area contributed by atoms with Crippen LogP contribution in [0.25, 0.3) is 0 Å². The number of hydrogen-bond donors (Lipinski definition) is 0. The van der Waals surface area contributed by atoms with Gasteiger partial charge in [-0.05, 0) is 44.1 Å². The molecule has 1 aliphatic rings. The Bertz CT molecular complexity index is 367. The predicted octanol–water partition coefficient (Wildman–Crippen LogP) is 2.37. The molecule has 0 amide bonds. The number of hydrogen-bond acceptors (Lipinski definition) is 4. The van der Waals surface area contributed by atoms with Crippen LogP contribution in [-0.4, -0.2) is 45.4 Å². The first-order chi connectivity index (χ1) is 9.35. The highest BCUT2D eigenvalue weighted by Gasteiger charge is 2.13. The van der Waals surface area contributed by atoms with Gasteiger partial charge < -0.3 is 14.2 Å². The highest BCUT2D eigenvalue weighted by atomic mass is 16.5. The van der Waals surface area contributed by atoms with E-state index < -0.39 is 0 Å². The van der Waals surface area contributed by atoms with Crippen molar-refractivity contribution in [2.45, 2.75) is 19.3 Å². The third-order valence-corrected chi connectivity index (χ3v) is 3.42. The molecule has 1 aliphatic heterocycles. The normalized spacial score (nSPS) is 16.1. The van der Waals surface area contributed by atoms with Gasteiger partial charge in [-0.25, -0.2) is 0 Å². The van der Waals surface area contributed by atoms with Gasteiger partial charge in [-0.15, -0.1) is 0 Å². The van der Waals surface area contributed by atoms with Crippen molar-refractivity contribution in [1.29, 1.82) is 0 Å². The second-order valence-electron chi connectivity index (χ2n) is 4.67. The van der Waals surface area contributed by atoms with Crippen LogP contribution < -0.4 is 14.2 Å². The van der Waals surface area contributed by atoms with E-state index in [0.717, 1.165) is 6.54 Å². The zero-order valence-electron chi connectivity index (χ0n) is 11.8. The Morgan fingerprint density at radius 2 is 1.68 bits per heavy atom. The molecule has 0 bridgehead atoms. The van der Waals surface area contributed by atoms with Crippen LogP contribution in [0.2, 0.25) is 0 Å². The fourth-order valence-corrected chi connectivity index (χ4v) is 2.35. The van der Waals surface area contributed by atoms with Gasteiger partial charge in [0.2, 0.25) is 5.75 Å². The van der Waals surface area contributed by atoms with E-state index in [1.165, 1.54) is 32.4 Å². The first-order valence-electron chi connectivity index (χ1n) is 6.82. The molecule has 1 fully saturated rings. The minimum atomic E-state index is 0.650. The second kappa shape index (κ2) is 7.24. The van der Waals surface area contributed by atoms with Crippen LogP contribution in [0.15, 0.2) is 12.1 Å². The minimum absolute atomic E-state index is 0.650. The summed E-state index contributed by atoms with van der Waals surface area (Å²) in [6, 6.07) is 6.50. The monoisotopic (exact) mass is 264 g/mol. The maximum absolute atomic E-state index is 5.84. The summed E-state index contributed by atoms with van der Waals surface area (Å²) in [7, 11) is 3.25. The number of ether oxygens (including phenoxy) is 3. The maximum Gasteiger partial charge on any atom is 0.203 e. The van der Waals surface area contributed by atoms with Crippen molar-refractivity contribution in [2.75, 3.05) is 40.5 Å². The summed E-state index contributed by atoms with van der Waals surface area (Å²) in [4.78, 5) is 2.44. The summed E-state index contributed by atoms with van der Waals surface area (Å²) >= 11 is 0. The van der Waals surface area contributed by atoms with Crippen LogP contribution in [0.1, 0.15) is 19.3 Å². The Kier molecular flexibility index (Phi) is 5.33. The number of rotatable bonds is 6. The largest absolute Gasteiger partial charge is 0.493 e. The van der Waals surface area contributed by atoms with E-state index in [1.54, 1.807) is 26.4 Å². The molecule has 4 nitrogen and oxygen atoms in total. The maximum atomic E-state index is 5.84. The lowest BCUT2D eigenvalue weighted by Crippen LogP contribution is -2.33. The summed E-state index contributed by atoms with van der Waals surface area (Å²) in [5.74, 6) is 2.00. The SMILES string of the molecule is COc1c[c]cc(OC)c1OCCN1CCCCC1. The summed E-state index contributed by atoms with van der Waals surface area (Å²) in [5, 5.41) is 0. The molecule has 1 saturated heterocycles. The van der Waals surface area contributed by atoms with Gasteiger partial charge in [0.25, 0.3) is 0 Å². The van der Waals surface area contributed by atoms with Gasteiger partial charge in [0.05, 0.1) is 14.2 Å². The van der Waals surface area contributed by atoms with Gasteiger partial charge in [0, 0.05) is 6.54 Å². The molecular formula is C15H22NO3. The molecule has 1 aromatic carbocycles. The quantitative estimate of drug-likeness (QED) is 0.789. The molecule has 0 N–H and O–H groups in total. The number of benzene rings is 1. The summed E-state index contributed by atoms with van der Waals surface area (Å²) in [5.41, 5.74) is 0. The standard InChI is InChI=1S/C15H22NO3/c1-17-13-7-6-8-14(18-2)15(13)19-12-11-16-9-4-3-5-10-16/h7-8H,3-5,9-12H2,1-2H3. The van der Waals surface area contributed by atoms with Crippen molar-refractivity contribution >= 4 is 0 Å². The third kappa shape index (κ3) is 3.77. The Morgan fingerprint density at radius 3 is 2.26 bits per heavy atom.